The lowest BCUT2D eigenvalue weighted by molar-refractivity contribution is -0.121. The number of thioether (sulfide) groups is 2. The molecule has 120 valence electrons. The number of benzene rings is 1. The lowest BCUT2D eigenvalue weighted by Crippen LogP contribution is -2.45. The van der Waals surface area contributed by atoms with Crippen LogP contribution in [0.4, 0.5) is 11.4 Å². The van der Waals surface area contributed by atoms with Crippen molar-refractivity contribution in [2.75, 3.05) is 23.0 Å². The van der Waals surface area contributed by atoms with E-state index in [-0.39, 0.29) is 23.6 Å². The summed E-state index contributed by atoms with van der Waals surface area (Å²) in [6.45, 7) is 1.86. The highest BCUT2D eigenvalue weighted by Crippen LogP contribution is 2.34. The van der Waals surface area contributed by atoms with Crippen molar-refractivity contribution in [3.05, 3.63) is 24.3 Å². The smallest absolute Gasteiger partial charge is 0.244 e. The van der Waals surface area contributed by atoms with Gasteiger partial charge in [-0.05, 0) is 25.3 Å². The predicted octanol–water partition coefficient (Wildman–Crippen LogP) is 2.73. The fourth-order valence-corrected chi connectivity index (χ4v) is 4.82. The Kier molecular flexibility index (Phi) is 4.88. The number of hydrogen-bond donors (Lipinski definition) is 1. The van der Waals surface area contributed by atoms with Crippen LogP contribution in [-0.4, -0.2) is 40.1 Å². The Morgan fingerprint density at radius 2 is 2.09 bits per heavy atom. The number of para-hydroxylation sites is 2. The van der Waals surface area contributed by atoms with Crippen molar-refractivity contribution in [1.29, 1.82) is 0 Å². The molecule has 0 spiro atoms. The lowest BCUT2D eigenvalue weighted by atomic mass is 10.2. The molecule has 0 unspecified atom stereocenters. The van der Waals surface area contributed by atoms with Crippen molar-refractivity contribution in [2.45, 2.75) is 20.9 Å². The molecule has 0 saturated heterocycles. The van der Waals surface area contributed by atoms with Gasteiger partial charge in [0, 0.05) is 0 Å². The third kappa shape index (κ3) is 3.51. The predicted molar refractivity (Wildman–Crippen MR) is 94.4 cm³/mol. The second-order valence-corrected chi connectivity index (χ2v) is 8.41. The average Bonchev–Trinajstić information content (AvgIpc) is 3.00. The number of nitrogens with one attached hydrogen (secondary N) is 1. The number of rotatable bonds is 4. The van der Waals surface area contributed by atoms with Crippen LogP contribution in [0.15, 0.2) is 32.9 Å². The SMILES string of the molecule is CSc1nnc(S[C@H](C)C(=O)N2CC(=O)Nc3ccccc32)s1. The first kappa shape index (κ1) is 16.3. The summed E-state index contributed by atoms with van der Waals surface area (Å²) < 4.78 is 1.62. The van der Waals surface area contributed by atoms with Crippen LogP contribution < -0.4 is 10.2 Å². The van der Waals surface area contributed by atoms with Gasteiger partial charge in [0.05, 0.1) is 16.6 Å². The maximum atomic E-state index is 12.8. The highest BCUT2D eigenvalue weighted by molar-refractivity contribution is 8.03. The molecule has 6 nitrogen and oxygen atoms in total. The molecule has 9 heteroatoms. The molecule has 0 fully saturated rings. The van der Waals surface area contributed by atoms with Gasteiger partial charge in [0.1, 0.15) is 6.54 Å². The topological polar surface area (TPSA) is 75.2 Å². The highest BCUT2D eigenvalue weighted by Gasteiger charge is 2.30. The van der Waals surface area contributed by atoms with E-state index >= 15 is 0 Å². The van der Waals surface area contributed by atoms with Crippen molar-refractivity contribution in [1.82, 2.24) is 10.2 Å². The molecule has 23 heavy (non-hydrogen) atoms. The first-order valence-electron chi connectivity index (χ1n) is 6.83. The minimum absolute atomic E-state index is 0.0347. The van der Waals surface area contributed by atoms with Gasteiger partial charge in [-0.2, -0.15) is 0 Å². The van der Waals surface area contributed by atoms with Gasteiger partial charge in [-0.15, -0.1) is 10.2 Å². The Morgan fingerprint density at radius 1 is 1.35 bits per heavy atom. The summed E-state index contributed by atoms with van der Waals surface area (Å²) in [7, 11) is 0. The van der Waals surface area contributed by atoms with Crippen LogP contribution in [0.5, 0.6) is 0 Å². The molecule has 1 N–H and O–H groups in total. The zero-order valence-electron chi connectivity index (χ0n) is 12.5. The van der Waals surface area contributed by atoms with E-state index in [1.807, 2.05) is 31.4 Å². The number of hydrogen-bond acceptors (Lipinski definition) is 7. The first-order valence-corrected chi connectivity index (χ1v) is 9.75. The quantitative estimate of drug-likeness (QED) is 0.839. The van der Waals surface area contributed by atoms with Crippen LogP contribution in [0.3, 0.4) is 0 Å². The zero-order valence-corrected chi connectivity index (χ0v) is 14.9. The summed E-state index contributed by atoms with van der Waals surface area (Å²) in [6.07, 6.45) is 1.94. The van der Waals surface area contributed by atoms with Gasteiger partial charge in [-0.25, -0.2) is 0 Å². The zero-order chi connectivity index (χ0) is 16.4. The van der Waals surface area contributed by atoms with Crippen molar-refractivity contribution in [3.63, 3.8) is 0 Å². The molecule has 2 heterocycles. The minimum atomic E-state index is -0.350. The highest BCUT2D eigenvalue weighted by atomic mass is 32.2. The second-order valence-electron chi connectivity index (χ2n) is 4.79. The number of carbonyl (C=O) groups is 2. The fourth-order valence-electron chi connectivity index (χ4n) is 2.18. The molecular formula is C14H14N4O2S3. The third-order valence-electron chi connectivity index (χ3n) is 3.22. The molecule has 3 rings (SSSR count). The molecule has 1 aliphatic rings. The molecular weight excluding hydrogens is 352 g/mol. The largest absolute Gasteiger partial charge is 0.323 e. The van der Waals surface area contributed by atoms with Crippen LogP contribution in [0.25, 0.3) is 0 Å². The van der Waals surface area contributed by atoms with Gasteiger partial charge in [0.2, 0.25) is 11.8 Å². The maximum absolute atomic E-state index is 12.8. The van der Waals surface area contributed by atoms with Gasteiger partial charge in [-0.3, -0.25) is 14.5 Å². The van der Waals surface area contributed by atoms with Gasteiger partial charge in [0.15, 0.2) is 8.68 Å². The van der Waals surface area contributed by atoms with Crippen LogP contribution >= 0.6 is 34.9 Å². The fraction of sp³-hybridized carbons (Fsp3) is 0.286. The summed E-state index contributed by atoms with van der Waals surface area (Å²) >= 11 is 4.36. The maximum Gasteiger partial charge on any atom is 0.244 e. The Balaban J connectivity index is 1.78. The van der Waals surface area contributed by atoms with Crippen LogP contribution in [0, 0.1) is 0 Å². The summed E-state index contributed by atoms with van der Waals surface area (Å²) in [6, 6.07) is 7.31. The van der Waals surface area contributed by atoms with E-state index in [0.717, 1.165) is 14.4 Å². The molecule has 1 aromatic carbocycles. The molecule has 1 aliphatic heterocycles. The molecule has 2 amide bonds. The molecule has 1 aromatic heterocycles. The van der Waals surface area contributed by atoms with Crippen LogP contribution in [-0.2, 0) is 9.59 Å². The van der Waals surface area contributed by atoms with Crippen LogP contribution in [0.1, 0.15) is 6.92 Å². The van der Waals surface area contributed by atoms with E-state index < -0.39 is 0 Å². The first-order chi connectivity index (χ1) is 11.1. The standard InChI is InChI=1S/C14H14N4O2S3/c1-8(22-14-17-16-13(21-2)23-14)12(20)18-7-11(19)15-9-5-3-4-6-10(9)18/h3-6,8H,7H2,1-2H3,(H,15,19)/t8-/m1/s1. The van der Waals surface area contributed by atoms with E-state index in [0.29, 0.717) is 5.69 Å². The number of nitrogens with zero attached hydrogens (tertiary/aromatic N) is 3. The summed E-state index contributed by atoms with van der Waals surface area (Å²) in [4.78, 5) is 26.1. The third-order valence-corrected chi connectivity index (χ3v) is 6.30. The minimum Gasteiger partial charge on any atom is -0.323 e. The molecule has 0 aliphatic carbocycles. The molecule has 2 aromatic rings. The summed E-state index contributed by atoms with van der Waals surface area (Å²) in [5, 5.41) is 10.5. The Morgan fingerprint density at radius 3 is 2.83 bits per heavy atom. The monoisotopic (exact) mass is 366 g/mol. The number of fused-ring (bicyclic) bond motifs is 1. The van der Waals surface area contributed by atoms with E-state index in [1.54, 1.807) is 6.07 Å². The Bertz CT molecular complexity index is 749. The summed E-state index contributed by atoms with van der Waals surface area (Å²) in [5.41, 5.74) is 1.39. The molecule has 0 bridgehead atoms. The number of anilines is 2. The summed E-state index contributed by atoms with van der Waals surface area (Å²) in [5.74, 6) is -0.298. The number of amides is 2. The Hall–Kier alpha value is -1.58. The van der Waals surface area contributed by atoms with Gasteiger partial charge < -0.3 is 5.32 Å². The lowest BCUT2D eigenvalue weighted by Gasteiger charge is -2.30. The average molecular weight is 366 g/mol. The van der Waals surface area contributed by atoms with Crippen LogP contribution in [0.2, 0.25) is 0 Å². The van der Waals surface area contributed by atoms with Gasteiger partial charge in [0.25, 0.3) is 0 Å². The van der Waals surface area contributed by atoms with Crippen molar-refractivity contribution < 1.29 is 9.59 Å². The normalized spacial score (nSPS) is 15.0. The van der Waals surface area contributed by atoms with E-state index in [9.17, 15) is 9.59 Å². The molecule has 0 radical (unpaired) electrons. The molecule has 1 atom stereocenters. The van der Waals surface area contributed by atoms with E-state index in [4.69, 9.17) is 0 Å². The molecule has 0 saturated carbocycles. The van der Waals surface area contributed by atoms with E-state index in [1.165, 1.54) is 39.8 Å². The Labute approximate surface area is 146 Å². The number of aromatic nitrogens is 2. The van der Waals surface area contributed by atoms with Gasteiger partial charge >= 0.3 is 0 Å². The second kappa shape index (κ2) is 6.90. The van der Waals surface area contributed by atoms with Crippen molar-refractivity contribution in [3.8, 4) is 0 Å². The van der Waals surface area contributed by atoms with E-state index in [2.05, 4.69) is 15.5 Å². The van der Waals surface area contributed by atoms with Crippen molar-refractivity contribution >= 4 is 58.0 Å². The number of carbonyl (C=O) groups excluding carboxylic acids is 2. The van der Waals surface area contributed by atoms with Crippen molar-refractivity contribution in [2.24, 2.45) is 0 Å². The van der Waals surface area contributed by atoms with Gasteiger partial charge in [-0.1, -0.05) is 47.0 Å².